The van der Waals surface area contributed by atoms with Gasteiger partial charge in [-0.25, -0.2) is 4.39 Å². The zero-order chi connectivity index (χ0) is 12.3. The minimum Gasteiger partial charge on any atom is -0.456 e. The van der Waals surface area contributed by atoms with Gasteiger partial charge >= 0.3 is 0 Å². The third-order valence-electron chi connectivity index (χ3n) is 2.11. The van der Waals surface area contributed by atoms with Crippen LogP contribution >= 0.6 is 11.6 Å². The average Bonchev–Trinajstić information content (AvgIpc) is 2.29. The number of nitrogens with zero attached hydrogens (tertiary/aromatic N) is 1. The lowest BCUT2D eigenvalue weighted by atomic mass is 10.2. The van der Waals surface area contributed by atoms with Gasteiger partial charge in [0, 0.05) is 6.07 Å². The van der Waals surface area contributed by atoms with Crippen molar-refractivity contribution in [2.24, 2.45) is 0 Å². The second-order valence-electron chi connectivity index (χ2n) is 3.28. The van der Waals surface area contributed by atoms with Gasteiger partial charge in [-0.05, 0) is 24.3 Å². The normalized spacial score (nSPS) is 9.71. The second kappa shape index (κ2) is 4.86. The molecule has 2 aromatic carbocycles. The minimum atomic E-state index is -0.400. The molecule has 0 saturated carbocycles. The molecular weight excluding hydrogens is 241 g/mol. The quantitative estimate of drug-likeness (QED) is 0.799. The van der Waals surface area contributed by atoms with Crippen LogP contribution in [-0.2, 0) is 0 Å². The van der Waals surface area contributed by atoms with Crippen molar-refractivity contribution >= 4 is 11.6 Å². The van der Waals surface area contributed by atoms with Crippen LogP contribution < -0.4 is 4.74 Å². The van der Waals surface area contributed by atoms with E-state index < -0.39 is 5.82 Å². The summed E-state index contributed by atoms with van der Waals surface area (Å²) in [5.41, 5.74) is 0.235. The highest BCUT2D eigenvalue weighted by Crippen LogP contribution is 2.29. The van der Waals surface area contributed by atoms with Crippen LogP contribution in [0.1, 0.15) is 5.56 Å². The van der Waals surface area contributed by atoms with E-state index in [-0.39, 0.29) is 5.56 Å². The minimum absolute atomic E-state index is 0.235. The molecule has 0 amide bonds. The van der Waals surface area contributed by atoms with E-state index in [9.17, 15) is 4.39 Å². The summed E-state index contributed by atoms with van der Waals surface area (Å²) in [4.78, 5) is 0. The highest BCUT2D eigenvalue weighted by molar-refractivity contribution is 6.31. The predicted molar refractivity (Wildman–Crippen MR) is 62.6 cm³/mol. The van der Waals surface area contributed by atoms with Crippen molar-refractivity contribution in [2.45, 2.75) is 0 Å². The molecule has 0 spiro atoms. The Kier molecular flexibility index (Phi) is 3.27. The third-order valence-corrected chi connectivity index (χ3v) is 2.43. The Morgan fingerprint density at radius 2 is 1.94 bits per heavy atom. The molecule has 0 aliphatic carbocycles. The van der Waals surface area contributed by atoms with Crippen LogP contribution in [0.3, 0.4) is 0 Å². The van der Waals surface area contributed by atoms with Crippen molar-refractivity contribution in [3.05, 3.63) is 58.9 Å². The molecule has 2 rings (SSSR count). The lowest BCUT2D eigenvalue weighted by Crippen LogP contribution is -1.89. The van der Waals surface area contributed by atoms with Gasteiger partial charge in [0.1, 0.15) is 28.9 Å². The van der Waals surface area contributed by atoms with E-state index in [0.717, 1.165) is 0 Å². The summed E-state index contributed by atoms with van der Waals surface area (Å²) in [6.07, 6.45) is 0. The van der Waals surface area contributed by atoms with Gasteiger partial charge in [0.25, 0.3) is 0 Å². The van der Waals surface area contributed by atoms with E-state index in [1.54, 1.807) is 24.3 Å². The summed E-state index contributed by atoms with van der Waals surface area (Å²) < 4.78 is 18.4. The largest absolute Gasteiger partial charge is 0.456 e. The maximum atomic E-state index is 13.0. The van der Waals surface area contributed by atoms with Gasteiger partial charge in [-0.1, -0.05) is 23.7 Å². The number of halogens is 2. The number of benzene rings is 2. The van der Waals surface area contributed by atoms with E-state index in [1.165, 1.54) is 18.2 Å². The predicted octanol–water partition coefficient (Wildman–Crippen LogP) is 4.14. The number of ether oxygens (including phenoxy) is 1. The van der Waals surface area contributed by atoms with E-state index in [2.05, 4.69) is 0 Å². The molecule has 0 fully saturated rings. The number of hydrogen-bond acceptors (Lipinski definition) is 2. The molecule has 0 heterocycles. The van der Waals surface area contributed by atoms with Gasteiger partial charge < -0.3 is 4.74 Å². The SMILES string of the molecule is N#Cc1c(Cl)cccc1Oc1cccc(F)c1. The number of nitriles is 1. The first-order chi connectivity index (χ1) is 8.20. The molecule has 2 aromatic rings. The van der Waals surface area contributed by atoms with Crippen LogP contribution in [0.4, 0.5) is 4.39 Å². The van der Waals surface area contributed by atoms with Crippen molar-refractivity contribution < 1.29 is 9.13 Å². The fourth-order valence-corrected chi connectivity index (χ4v) is 1.56. The van der Waals surface area contributed by atoms with Gasteiger partial charge in [0.05, 0.1) is 5.02 Å². The number of hydrogen-bond donors (Lipinski definition) is 0. The Bertz CT molecular complexity index is 592. The molecule has 0 aliphatic heterocycles. The molecule has 0 N–H and O–H groups in total. The summed E-state index contributed by atoms with van der Waals surface area (Å²) in [5.74, 6) is 0.234. The van der Waals surface area contributed by atoms with Crippen LogP contribution in [0.25, 0.3) is 0 Å². The van der Waals surface area contributed by atoms with Crippen LogP contribution in [-0.4, -0.2) is 0 Å². The lowest BCUT2D eigenvalue weighted by molar-refractivity contribution is 0.475. The zero-order valence-electron chi connectivity index (χ0n) is 8.65. The maximum Gasteiger partial charge on any atom is 0.146 e. The van der Waals surface area contributed by atoms with Crippen molar-refractivity contribution in [3.63, 3.8) is 0 Å². The molecule has 0 unspecified atom stereocenters. The maximum absolute atomic E-state index is 13.0. The van der Waals surface area contributed by atoms with E-state index in [0.29, 0.717) is 16.5 Å². The molecule has 0 radical (unpaired) electrons. The lowest BCUT2D eigenvalue weighted by Gasteiger charge is -2.07. The molecule has 84 valence electrons. The topological polar surface area (TPSA) is 33.0 Å². The van der Waals surface area contributed by atoms with Crippen LogP contribution in [0.15, 0.2) is 42.5 Å². The molecule has 0 bridgehead atoms. The Balaban J connectivity index is 2.37. The van der Waals surface area contributed by atoms with E-state index >= 15 is 0 Å². The highest BCUT2D eigenvalue weighted by atomic mass is 35.5. The van der Waals surface area contributed by atoms with Crippen molar-refractivity contribution in [3.8, 4) is 17.6 Å². The van der Waals surface area contributed by atoms with Gasteiger partial charge in [0.2, 0.25) is 0 Å². The fraction of sp³-hybridized carbons (Fsp3) is 0. The Labute approximate surface area is 103 Å². The van der Waals surface area contributed by atoms with Gasteiger partial charge in [-0.2, -0.15) is 5.26 Å². The monoisotopic (exact) mass is 247 g/mol. The zero-order valence-corrected chi connectivity index (χ0v) is 9.41. The molecule has 0 atom stereocenters. The molecule has 0 aromatic heterocycles. The van der Waals surface area contributed by atoms with Gasteiger partial charge in [-0.3, -0.25) is 0 Å². The summed E-state index contributed by atoms with van der Waals surface area (Å²) in [6, 6.07) is 12.5. The Morgan fingerprint density at radius 1 is 1.18 bits per heavy atom. The third kappa shape index (κ3) is 2.55. The van der Waals surface area contributed by atoms with E-state index in [1.807, 2.05) is 6.07 Å². The van der Waals surface area contributed by atoms with Crippen molar-refractivity contribution in [1.29, 1.82) is 5.26 Å². The summed E-state index contributed by atoms with van der Waals surface area (Å²) in [6.45, 7) is 0. The summed E-state index contributed by atoms with van der Waals surface area (Å²) >= 11 is 5.85. The molecule has 0 aliphatic rings. The molecule has 0 saturated heterocycles. The van der Waals surface area contributed by atoms with Crippen LogP contribution in [0.2, 0.25) is 5.02 Å². The van der Waals surface area contributed by atoms with Gasteiger partial charge in [-0.15, -0.1) is 0 Å². The smallest absolute Gasteiger partial charge is 0.146 e. The van der Waals surface area contributed by atoms with Crippen LogP contribution in [0, 0.1) is 17.1 Å². The fourth-order valence-electron chi connectivity index (χ4n) is 1.36. The molecule has 2 nitrogen and oxygen atoms in total. The standard InChI is InChI=1S/C13H7ClFNO/c14-12-5-2-6-13(11(12)8-16)17-10-4-1-3-9(15)7-10/h1-7H. The first-order valence-electron chi connectivity index (χ1n) is 4.83. The molecule has 4 heteroatoms. The first-order valence-corrected chi connectivity index (χ1v) is 5.20. The van der Waals surface area contributed by atoms with Crippen molar-refractivity contribution in [2.75, 3.05) is 0 Å². The molecular formula is C13H7ClFNO. The summed E-state index contributed by atoms with van der Waals surface area (Å²) in [5, 5.41) is 9.25. The first kappa shape index (κ1) is 11.4. The molecule has 17 heavy (non-hydrogen) atoms. The second-order valence-corrected chi connectivity index (χ2v) is 3.69. The average molecular weight is 248 g/mol. The Hall–Kier alpha value is -2.05. The Morgan fingerprint density at radius 3 is 2.65 bits per heavy atom. The number of rotatable bonds is 2. The summed E-state index contributed by atoms with van der Waals surface area (Å²) in [7, 11) is 0. The van der Waals surface area contributed by atoms with Crippen LogP contribution in [0.5, 0.6) is 11.5 Å². The van der Waals surface area contributed by atoms with E-state index in [4.69, 9.17) is 21.6 Å². The van der Waals surface area contributed by atoms with Gasteiger partial charge in [0.15, 0.2) is 0 Å². The van der Waals surface area contributed by atoms with Crippen molar-refractivity contribution in [1.82, 2.24) is 0 Å². The highest BCUT2D eigenvalue weighted by Gasteiger charge is 2.08.